The molecule has 6 nitrogen and oxygen atoms in total. The molecule has 1 aromatic rings. The molecule has 2 amide bonds. The van der Waals surface area contributed by atoms with Gasteiger partial charge in [0.2, 0.25) is 0 Å². The number of likely N-dealkylation sites (tertiary alicyclic amines) is 2. The number of rotatable bonds is 5. The number of aliphatic carboxylic acids is 1. The smallest absolute Gasteiger partial charge is 0.317 e. The van der Waals surface area contributed by atoms with E-state index in [0.717, 1.165) is 31.5 Å². The molecule has 2 N–H and O–H groups in total. The van der Waals surface area contributed by atoms with Gasteiger partial charge in [-0.3, -0.25) is 9.69 Å². The molecule has 0 saturated carbocycles. The summed E-state index contributed by atoms with van der Waals surface area (Å²) in [5.74, 6) is -1.12. The molecule has 0 spiro atoms. The highest BCUT2D eigenvalue weighted by molar-refractivity contribution is 6.30. The van der Waals surface area contributed by atoms with Gasteiger partial charge in [0.15, 0.2) is 0 Å². The molecule has 2 fully saturated rings. The summed E-state index contributed by atoms with van der Waals surface area (Å²) in [4.78, 5) is 28.1. The summed E-state index contributed by atoms with van der Waals surface area (Å²) in [6, 6.07) is 7.69. The summed E-state index contributed by atoms with van der Waals surface area (Å²) in [7, 11) is 0. The molecule has 3 unspecified atom stereocenters. The highest BCUT2D eigenvalue weighted by Gasteiger charge is 2.32. The van der Waals surface area contributed by atoms with E-state index >= 15 is 0 Å². The van der Waals surface area contributed by atoms with Gasteiger partial charge in [0.05, 0.1) is 12.0 Å². The standard InChI is InChI=1S/C20H28ClN3O3/c1-14-9-16(19(25)26)13-24(12-14)20(27)22-11-18(23-7-2-3-8-23)15-5-4-6-17(21)10-15/h4-6,10,14,16,18H,2-3,7-9,11-13H2,1H3,(H,22,27)(H,25,26). The number of hydrogen-bond acceptors (Lipinski definition) is 3. The number of carbonyl (C=O) groups is 2. The molecular weight excluding hydrogens is 366 g/mol. The zero-order valence-electron chi connectivity index (χ0n) is 15.7. The number of nitrogens with one attached hydrogen (secondary N) is 1. The number of carboxylic acid groups (broad SMARTS) is 1. The Morgan fingerprint density at radius 3 is 2.70 bits per heavy atom. The average molecular weight is 394 g/mol. The summed E-state index contributed by atoms with van der Waals surface area (Å²) >= 11 is 6.17. The van der Waals surface area contributed by atoms with Crippen LogP contribution in [0.1, 0.15) is 37.8 Å². The molecule has 3 rings (SSSR count). The molecule has 7 heteroatoms. The third-order valence-electron chi connectivity index (χ3n) is 5.56. The van der Waals surface area contributed by atoms with E-state index in [1.807, 2.05) is 31.2 Å². The van der Waals surface area contributed by atoms with Crippen LogP contribution in [0.4, 0.5) is 4.79 Å². The van der Waals surface area contributed by atoms with Gasteiger partial charge in [0.25, 0.3) is 0 Å². The Hall–Kier alpha value is -1.79. The molecule has 2 aliphatic rings. The fourth-order valence-electron chi connectivity index (χ4n) is 4.22. The molecule has 2 heterocycles. The highest BCUT2D eigenvalue weighted by Crippen LogP contribution is 2.27. The van der Waals surface area contributed by atoms with Gasteiger partial charge in [-0.15, -0.1) is 0 Å². The van der Waals surface area contributed by atoms with Crippen molar-refractivity contribution in [2.75, 3.05) is 32.7 Å². The molecule has 0 bridgehead atoms. The van der Waals surface area contributed by atoms with E-state index in [4.69, 9.17) is 11.6 Å². The quantitative estimate of drug-likeness (QED) is 0.805. The Labute approximate surface area is 165 Å². The summed E-state index contributed by atoms with van der Waals surface area (Å²) < 4.78 is 0. The normalized spacial score (nSPS) is 24.6. The number of carboxylic acids is 1. The van der Waals surface area contributed by atoms with Gasteiger partial charge in [0.1, 0.15) is 0 Å². The van der Waals surface area contributed by atoms with E-state index in [2.05, 4.69) is 10.2 Å². The van der Waals surface area contributed by atoms with E-state index < -0.39 is 11.9 Å². The SMILES string of the molecule is CC1CC(C(=O)O)CN(C(=O)NCC(c2cccc(Cl)c2)N2CCCC2)C1. The summed E-state index contributed by atoms with van der Waals surface area (Å²) in [6.45, 7) is 5.37. The first kappa shape index (κ1) is 20.0. The minimum atomic E-state index is -0.826. The van der Waals surface area contributed by atoms with Crippen LogP contribution >= 0.6 is 11.6 Å². The van der Waals surface area contributed by atoms with Crippen molar-refractivity contribution in [3.05, 3.63) is 34.9 Å². The van der Waals surface area contributed by atoms with Crippen molar-refractivity contribution in [2.45, 2.75) is 32.2 Å². The summed E-state index contributed by atoms with van der Waals surface area (Å²) in [5, 5.41) is 13.0. The van der Waals surface area contributed by atoms with Crippen molar-refractivity contribution in [2.24, 2.45) is 11.8 Å². The number of benzene rings is 1. The van der Waals surface area contributed by atoms with E-state index in [9.17, 15) is 14.7 Å². The van der Waals surface area contributed by atoms with Gasteiger partial charge in [-0.25, -0.2) is 4.79 Å². The van der Waals surface area contributed by atoms with Crippen molar-refractivity contribution < 1.29 is 14.7 Å². The lowest BCUT2D eigenvalue weighted by molar-refractivity contribution is -0.143. The third kappa shape index (κ3) is 5.14. The number of amides is 2. The van der Waals surface area contributed by atoms with Crippen LogP contribution in [-0.2, 0) is 4.79 Å². The van der Waals surface area contributed by atoms with Gasteiger partial charge < -0.3 is 15.3 Å². The van der Waals surface area contributed by atoms with Gasteiger partial charge in [0, 0.05) is 24.7 Å². The zero-order chi connectivity index (χ0) is 19.4. The van der Waals surface area contributed by atoms with E-state index in [1.165, 1.54) is 0 Å². The Morgan fingerprint density at radius 2 is 2.04 bits per heavy atom. The van der Waals surface area contributed by atoms with Crippen molar-refractivity contribution in [1.29, 1.82) is 0 Å². The Bertz CT molecular complexity index is 678. The second-order valence-corrected chi connectivity index (χ2v) is 8.22. The van der Waals surface area contributed by atoms with E-state index in [0.29, 0.717) is 24.5 Å². The average Bonchev–Trinajstić information content (AvgIpc) is 3.15. The number of nitrogens with zero attached hydrogens (tertiary/aromatic N) is 2. The monoisotopic (exact) mass is 393 g/mol. The molecule has 3 atom stereocenters. The Kier molecular flexibility index (Phi) is 6.60. The van der Waals surface area contributed by atoms with E-state index in [1.54, 1.807) is 4.90 Å². The summed E-state index contributed by atoms with van der Waals surface area (Å²) in [5.41, 5.74) is 1.10. The van der Waals surface area contributed by atoms with Crippen LogP contribution in [0.3, 0.4) is 0 Å². The third-order valence-corrected chi connectivity index (χ3v) is 5.79. The van der Waals surface area contributed by atoms with Gasteiger partial charge >= 0.3 is 12.0 Å². The molecule has 2 saturated heterocycles. The Morgan fingerprint density at radius 1 is 1.30 bits per heavy atom. The second kappa shape index (κ2) is 8.93. The number of carbonyl (C=O) groups excluding carboxylic acids is 1. The van der Waals surface area contributed by atoms with Crippen LogP contribution in [0.25, 0.3) is 0 Å². The van der Waals surface area contributed by atoms with Crippen LogP contribution in [-0.4, -0.2) is 59.6 Å². The predicted octanol–water partition coefficient (Wildman–Crippen LogP) is 3.23. The van der Waals surface area contributed by atoms with Crippen molar-refractivity contribution in [3.63, 3.8) is 0 Å². The van der Waals surface area contributed by atoms with Gasteiger partial charge in [-0.05, 0) is 56.0 Å². The topological polar surface area (TPSA) is 72.9 Å². The van der Waals surface area contributed by atoms with Gasteiger partial charge in [-0.2, -0.15) is 0 Å². The maximum absolute atomic E-state index is 12.7. The molecular formula is C20H28ClN3O3. The molecule has 27 heavy (non-hydrogen) atoms. The highest BCUT2D eigenvalue weighted by atomic mass is 35.5. The predicted molar refractivity (Wildman–Crippen MR) is 105 cm³/mol. The number of piperidine rings is 1. The molecule has 0 radical (unpaired) electrons. The second-order valence-electron chi connectivity index (χ2n) is 7.78. The largest absolute Gasteiger partial charge is 0.481 e. The van der Waals surface area contributed by atoms with Crippen LogP contribution in [0.2, 0.25) is 5.02 Å². The van der Waals surface area contributed by atoms with Crippen molar-refractivity contribution in [3.8, 4) is 0 Å². The Balaban J connectivity index is 1.65. The number of hydrogen-bond donors (Lipinski definition) is 2. The van der Waals surface area contributed by atoms with Gasteiger partial charge in [-0.1, -0.05) is 30.7 Å². The fourth-order valence-corrected chi connectivity index (χ4v) is 4.42. The lowest BCUT2D eigenvalue weighted by atomic mass is 9.91. The first-order valence-corrected chi connectivity index (χ1v) is 10.1. The molecule has 148 valence electrons. The molecule has 2 aliphatic heterocycles. The van der Waals surface area contributed by atoms with Crippen LogP contribution in [0.5, 0.6) is 0 Å². The maximum atomic E-state index is 12.7. The van der Waals surface area contributed by atoms with Crippen molar-refractivity contribution in [1.82, 2.24) is 15.1 Å². The maximum Gasteiger partial charge on any atom is 0.317 e. The minimum absolute atomic E-state index is 0.0765. The number of urea groups is 1. The summed E-state index contributed by atoms with van der Waals surface area (Å²) in [6.07, 6.45) is 2.95. The molecule has 1 aromatic carbocycles. The minimum Gasteiger partial charge on any atom is -0.481 e. The fraction of sp³-hybridized carbons (Fsp3) is 0.600. The van der Waals surface area contributed by atoms with Crippen LogP contribution in [0.15, 0.2) is 24.3 Å². The van der Waals surface area contributed by atoms with Crippen LogP contribution < -0.4 is 5.32 Å². The first-order valence-electron chi connectivity index (χ1n) is 9.69. The van der Waals surface area contributed by atoms with Crippen molar-refractivity contribution >= 4 is 23.6 Å². The first-order chi connectivity index (χ1) is 12.9. The lowest BCUT2D eigenvalue weighted by Crippen LogP contribution is -2.50. The molecule has 0 aliphatic carbocycles. The number of halogens is 1. The van der Waals surface area contributed by atoms with E-state index in [-0.39, 0.29) is 24.5 Å². The molecule has 0 aromatic heterocycles. The lowest BCUT2D eigenvalue weighted by Gasteiger charge is -2.35. The van der Waals surface area contributed by atoms with Crippen LogP contribution in [0, 0.1) is 11.8 Å². The zero-order valence-corrected chi connectivity index (χ0v) is 16.5.